The summed E-state index contributed by atoms with van der Waals surface area (Å²) in [5.74, 6) is 0.326. The number of para-hydroxylation sites is 1. The van der Waals surface area contributed by atoms with Crippen LogP contribution in [0.4, 0.5) is 17.6 Å². The monoisotopic (exact) mass is 407 g/mol. The average Bonchev–Trinajstić information content (AvgIpc) is 2.72. The van der Waals surface area contributed by atoms with E-state index in [2.05, 4.69) is 20.3 Å². The summed E-state index contributed by atoms with van der Waals surface area (Å²) in [4.78, 5) is 36.1. The van der Waals surface area contributed by atoms with Crippen molar-refractivity contribution in [3.8, 4) is 5.75 Å². The molecule has 3 rings (SSSR count). The van der Waals surface area contributed by atoms with Crippen LogP contribution in [-0.4, -0.2) is 33.8 Å². The van der Waals surface area contributed by atoms with Gasteiger partial charge in [0.25, 0.3) is 0 Å². The van der Waals surface area contributed by atoms with Gasteiger partial charge in [-0.15, -0.1) is 0 Å². The van der Waals surface area contributed by atoms with Crippen molar-refractivity contribution in [1.29, 1.82) is 0 Å². The number of ether oxygens (including phenoxy) is 2. The number of benzene rings is 2. The number of anilines is 3. The van der Waals surface area contributed by atoms with Gasteiger partial charge in [0.15, 0.2) is 18.2 Å². The fourth-order valence-electron chi connectivity index (χ4n) is 2.70. The van der Waals surface area contributed by atoms with Gasteiger partial charge < -0.3 is 20.5 Å². The van der Waals surface area contributed by atoms with Gasteiger partial charge in [-0.25, -0.2) is 0 Å². The maximum Gasteiger partial charge on any atom is 0.310 e. The van der Waals surface area contributed by atoms with Crippen LogP contribution in [-0.2, 0) is 22.6 Å². The lowest BCUT2D eigenvalue weighted by atomic mass is 10.0. The summed E-state index contributed by atoms with van der Waals surface area (Å²) in [6.45, 7) is 1.28. The number of hydrogen-bond donors (Lipinski definition) is 2. The summed E-state index contributed by atoms with van der Waals surface area (Å²) in [6.07, 6.45) is -0.0695. The Morgan fingerprint density at radius 1 is 1.07 bits per heavy atom. The van der Waals surface area contributed by atoms with E-state index in [1.165, 1.54) is 14.0 Å². The Bertz CT molecular complexity index is 1060. The number of nitrogens with two attached hydrogens (primary N) is 1. The van der Waals surface area contributed by atoms with E-state index in [1.807, 2.05) is 30.3 Å². The fraction of sp³-hybridized carbons (Fsp3) is 0.190. The van der Waals surface area contributed by atoms with Crippen molar-refractivity contribution < 1.29 is 19.1 Å². The van der Waals surface area contributed by atoms with Crippen molar-refractivity contribution in [1.82, 2.24) is 15.0 Å². The van der Waals surface area contributed by atoms with Crippen LogP contribution in [0.5, 0.6) is 5.75 Å². The molecule has 0 aliphatic heterocycles. The number of carbonyl (C=O) groups excluding carboxylic acids is 2. The second kappa shape index (κ2) is 9.46. The number of nitrogens with one attached hydrogen (secondary N) is 1. The van der Waals surface area contributed by atoms with E-state index in [1.54, 1.807) is 18.2 Å². The van der Waals surface area contributed by atoms with E-state index in [0.717, 1.165) is 5.69 Å². The number of nitrogen functional groups attached to an aromatic ring is 1. The topological polar surface area (TPSA) is 129 Å². The molecule has 0 amide bonds. The van der Waals surface area contributed by atoms with Gasteiger partial charge in [0.1, 0.15) is 5.75 Å². The minimum absolute atomic E-state index is 0.00492. The van der Waals surface area contributed by atoms with Crippen molar-refractivity contribution in [2.45, 2.75) is 20.0 Å². The molecule has 1 heterocycles. The molecule has 0 unspecified atom stereocenters. The molecule has 3 aromatic rings. The number of hydrogen-bond acceptors (Lipinski definition) is 9. The lowest BCUT2D eigenvalue weighted by molar-refractivity contribution is -0.144. The minimum Gasteiger partial charge on any atom is -0.496 e. The van der Waals surface area contributed by atoms with Crippen LogP contribution in [0.1, 0.15) is 28.7 Å². The predicted molar refractivity (Wildman–Crippen MR) is 110 cm³/mol. The van der Waals surface area contributed by atoms with Crippen LogP contribution in [0.15, 0.2) is 48.5 Å². The van der Waals surface area contributed by atoms with Gasteiger partial charge in [0.2, 0.25) is 11.9 Å². The molecular weight excluding hydrogens is 386 g/mol. The van der Waals surface area contributed by atoms with E-state index >= 15 is 0 Å². The third kappa shape index (κ3) is 5.51. The minimum atomic E-state index is -0.523. The molecular formula is C21H21N5O4. The first-order valence-electron chi connectivity index (χ1n) is 9.10. The Morgan fingerprint density at radius 2 is 1.83 bits per heavy atom. The van der Waals surface area contributed by atoms with Crippen LogP contribution in [0.2, 0.25) is 0 Å². The van der Waals surface area contributed by atoms with Gasteiger partial charge in [-0.3, -0.25) is 9.59 Å². The molecule has 0 aliphatic rings. The average molecular weight is 407 g/mol. The summed E-state index contributed by atoms with van der Waals surface area (Å²) in [6, 6.07) is 14.2. The maximum atomic E-state index is 12.3. The molecule has 3 N–H and O–H groups in total. The van der Waals surface area contributed by atoms with Crippen molar-refractivity contribution in [3.05, 3.63) is 65.5 Å². The summed E-state index contributed by atoms with van der Waals surface area (Å²) < 4.78 is 10.5. The number of methoxy groups -OCH3 is 1. The normalized spacial score (nSPS) is 10.3. The van der Waals surface area contributed by atoms with Gasteiger partial charge >= 0.3 is 5.97 Å². The van der Waals surface area contributed by atoms with Crippen molar-refractivity contribution in [2.75, 3.05) is 18.2 Å². The zero-order valence-electron chi connectivity index (χ0n) is 16.6. The Labute approximate surface area is 173 Å². The number of rotatable bonds is 8. The van der Waals surface area contributed by atoms with Crippen molar-refractivity contribution in [3.63, 3.8) is 0 Å². The lowest BCUT2D eigenvalue weighted by Gasteiger charge is -2.10. The second-order valence-corrected chi connectivity index (χ2v) is 6.34. The molecule has 0 saturated carbocycles. The molecule has 30 heavy (non-hydrogen) atoms. The molecule has 1 aromatic heterocycles. The summed E-state index contributed by atoms with van der Waals surface area (Å²) in [5, 5.41) is 3.01. The van der Waals surface area contributed by atoms with E-state index < -0.39 is 5.97 Å². The summed E-state index contributed by atoms with van der Waals surface area (Å²) in [5.41, 5.74) is 7.55. The number of aromatic nitrogens is 3. The molecule has 0 spiro atoms. The Kier molecular flexibility index (Phi) is 6.53. The molecule has 0 fully saturated rings. The molecule has 9 heteroatoms. The quantitative estimate of drug-likeness (QED) is 0.427. The molecule has 9 nitrogen and oxygen atoms in total. The SMILES string of the molecule is COc1ccc(C(C)=O)cc1CC(=O)OCc1nc(N)nc(Nc2ccccc2)n1. The standard InChI is InChI=1S/C21H21N5O4/c1-13(27)14-8-9-17(29-2)15(10-14)11-19(28)30-12-18-24-20(22)26-21(25-18)23-16-6-4-3-5-7-16/h3-10H,11-12H2,1-2H3,(H3,22,23,24,25,26). The van der Waals surface area contributed by atoms with E-state index in [-0.39, 0.29) is 36.5 Å². The largest absolute Gasteiger partial charge is 0.496 e. The first-order valence-corrected chi connectivity index (χ1v) is 9.10. The zero-order valence-corrected chi connectivity index (χ0v) is 16.6. The Morgan fingerprint density at radius 3 is 2.53 bits per heavy atom. The number of carbonyl (C=O) groups is 2. The van der Waals surface area contributed by atoms with Gasteiger partial charge in [-0.05, 0) is 37.3 Å². The van der Waals surface area contributed by atoms with Crippen LogP contribution in [0.25, 0.3) is 0 Å². The lowest BCUT2D eigenvalue weighted by Crippen LogP contribution is -2.13. The number of esters is 1. The zero-order chi connectivity index (χ0) is 21.5. The smallest absolute Gasteiger partial charge is 0.310 e. The molecule has 0 bridgehead atoms. The Balaban J connectivity index is 1.66. The van der Waals surface area contributed by atoms with Crippen molar-refractivity contribution in [2.24, 2.45) is 0 Å². The van der Waals surface area contributed by atoms with E-state index in [0.29, 0.717) is 16.9 Å². The van der Waals surface area contributed by atoms with Crippen LogP contribution in [0, 0.1) is 0 Å². The van der Waals surface area contributed by atoms with Crippen molar-refractivity contribution >= 4 is 29.3 Å². The number of Topliss-reactive ketones (excluding diaryl/α,β-unsaturated/α-hetero) is 1. The first-order chi connectivity index (χ1) is 14.4. The summed E-state index contributed by atoms with van der Waals surface area (Å²) in [7, 11) is 1.49. The number of nitrogens with zero attached hydrogens (tertiary/aromatic N) is 3. The first kappa shape index (κ1) is 20.7. The van der Waals surface area contributed by atoms with Gasteiger partial charge in [-0.2, -0.15) is 15.0 Å². The highest BCUT2D eigenvalue weighted by Crippen LogP contribution is 2.21. The molecule has 0 atom stereocenters. The van der Waals surface area contributed by atoms with Gasteiger partial charge in [-0.1, -0.05) is 18.2 Å². The fourth-order valence-corrected chi connectivity index (χ4v) is 2.70. The van der Waals surface area contributed by atoms with Gasteiger partial charge in [0, 0.05) is 16.8 Å². The maximum absolute atomic E-state index is 12.3. The van der Waals surface area contributed by atoms with Crippen LogP contribution in [0.3, 0.4) is 0 Å². The number of ketones is 1. The predicted octanol–water partition coefficient (Wildman–Crippen LogP) is 2.69. The molecule has 2 aromatic carbocycles. The molecule has 0 saturated heterocycles. The second-order valence-electron chi connectivity index (χ2n) is 6.34. The molecule has 154 valence electrons. The van der Waals surface area contributed by atoms with E-state index in [9.17, 15) is 9.59 Å². The third-order valence-electron chi connectivity index (χ3n) is 4.11. The Hall–Kier alpha value is -4.01. The van der Waals surface area contributed by atoms with Gasteiger partial charge in [0.05, 0.1) is 13.5 Å². The van der Waals surface area contributed by atoms with E-state index in [4.69, 9.17) is 15.2 Å². The third-order valence-corrected chi connectivity index (χ3v) is 4.11. The molecule has 0 radical (unpaired) electrons. The highest BCUT2D eigenvalue weighted by molar-refractivity contribution is 5.94. The highest BCUT2D eigenvalue weighted by atomic mass is 16.5. The highest BCUT2D eigenvalue weighted by Gasteiger charge is 2.14. The van der Waals surface area contributed by atoms with Crippen LogP contribution < -0.4 is 15.8 Å². The van der Waals surface area contributed by atoms with Crippen LogP contribution >= 0.6 is 0 Å². The molecule has 0 aliphatic carbocycles. The summed E-state index contributed by atoms with van der Waals surface area (Å²) >= 11 is 0.